The molecule has 1 aromatic heterocycles. The topological polar surface area (TPSA) is 56.0 Å². The smallest absolute Gasteiger partial charge is 0.326 e. The molecule has 2 N–H and O–H groups in total. The van der Waals surface area contributed by atoms with E-state index in [4.69, 9.17) is 5.73 Å². The van der Waals surface area contributed by atoms with E-state index in [-0.39, 0.29) is 17.9 Å². The van der Waals surface area contributed by atoms with E-state index in [0.29, 0.717) is 0 Å². The number of hydrogen-bond donors (Lipinski definition) is 1. The van der Waals surface area contributed by atoms with E-state index in [1.54, 1.807) is 0 Å². The zero-order valence-corrected chi connectivity index (χ0v) is 8.26. The average Bonchev–Trinajstić information content (AvgIpc) is 2.25. The van der Waals surface area contributed by atoms with Gasteiger partial charge < -0.3 is 5.73 Å². The van der Waals surface area contributed by atoms with Crippen molar-refractivity contribution in [3.63, 3.8) is 0 Å². The minimum absolute atomic E-state index is 0.0245. The van der Waals surface area contributed by atoms with Gasteiger partial charge >= 0.3 is 6.18 Å². The van der Waals surface area contributed by atoms with Crippen LogP contribution in [0.5, 0.6) is 0 Å². The molecule has 0 fully saturated rings. The maximum atomic E-state index is 12.5. The molecule has 17 heavy (non-hydrogen) atoms. The molecule has 0 saturated heterocycles. The molecule has 1 rings (SSSR count). The van der Waals surface area contributed by atoms with Crippen LogP contribution in [0.3, 0.4) is 0 Å². The van der Waals surface area contributed by atoms with Crippen LogP contribution in [-0.2, 0) is 12.7 Å². The molecule has 1 aromatic rings. The van der Waals surface area contributed by atoms with Gasteiger partial charge in [-0.1, -0.05) is 0 Å². The highest BCUT2D eigenvalue weighted by Crippen LogP contribution is 2.32. The Bertz CT molecular complexity index is 430. The number of nitrogens with zero attached hydrogens (tertiary/aromatic N) is 1. The summed E-state index contributed by atoms with van der Waals surface area (Å²) in [5.74, 6) is 0. The Morgan fingerprint density at radius 1 is 1.41 bits per heavy atom. The van der Waals surface area contributed by atoms with Crippen LogP contribution in [0.1, 0.15) is 33.7 Å². The van der Waals surface area contributed by atoms with Gasteiger partial charge in [0.1, 0.15) is 11.4 Å². The number of pyridine rings is 1. The number of carbonyl (C=O) groups excluding carboxylic acids is 1. The third-order valence-corrected chi connectivity index (χ3v) is 2.03. The molecule has 0 amide bonds. The van der Waals surface area contributed by atoms with E-state index in [0.717, 1.165) is 0 Å². The highest BCUT2D eigenvalue weighted by Gasteiger charge is 2.35. The molecule has 0 aromatic carbocycles. The molecule has 0 aliphatic carbocycles. The van der Waals surface area contributed by atoms with Crippen LogP contribution in [0.15, 0.2) is 6.07 Å². The molecule has 94 valence electrons. The van der Waals surface area contributed by atoms with Gasteiger partial charge in [-0.05, 0) is 6.07 Å². The van der Waals surface area contributed by atoms with Gasteiger partial charge in [0.2, 0.25) is 0 Å². The van der Waals surface area contributed by atoms with Gasteiger partial charge in [-0.2, -0.15) is 13.2 Å². The fraction of sp³-hybridized carbons (Fsp3) is 0.333. The van der Waals surface area contributed by atoms with E-state index in [2.05, 4.69) is 4.98 Å². The summed E-state index contributed by atoms with van der Waals surface area (Å²) in [5, 5.41) is 0. The first-order chi connectivity index (χ1) is 7.81. The van der Waals surface area contributed by atoms with Crippen molar-refractivity contribution >= 4 is 6.29 Å². The molecule has 0 saturated carbocycles. The lowest BCUT2D eigenvalue weighted by Gasteiger charge is -2.13. The summed E-state index contributed by atoms with van der Waals surface area (Å²) in [6.07, 6.45) is -8.07. The largest absolute Gasteiger partial charge is 0.433 e. The summed E-state index contributed by atoms with van der Waals surface area (Å²) >= 11 is 0. The Kier molecular flexibility index (Phi) is 3.76. The number of rotatable bonds is 3. The van der Waals surface area contributed by atoms with Crippen molar-refractivity contribution in [2.24, 2.45) is 5.73 Å². The minimum atomic E-state index is -4.89. The molecule has 0 atom stereocenters. The molecule has 0 radical (unpaired) electrons. The van der Waals surface area contributed by atoms with Crippen molar-refractivity contribution in [3.05, 3.63) is 28.6 Å². The van der Waals surface area contributed by atoms with E-state index in [9.17, 15) is 26.7 Å². The number of aromatic nitrogens is 1. The van der Waals surface area contributed by atoms with Crippen LogP contribution in [0.2, 0.25) is 0 Å². The maximum Gasteiger partial charge on any atom is 0.433 e. The zero-order valence-electron chi connectivity index (χ0n) is 8.26. The summed E-state index contributed by atoms with van der Waals surface area (Å²) in [7, 11) is 0. The zero-order chi connectivity index (χ0) is 13.2. The number of alkyl halides is 5. The fourth-order valence-corrected chi connectivity index (χ4v) is 1.27. The van der Waals surface area contributed by atoms with Gasteiger partial charge in [-0.15, -0.1) is 0 Å². The summed E-state index contributed by atoms with van der Waals surface area (Å²) in [5.41, 5.74) is 1.57. The normalized spacial score (nSPS) is 11.9. The molecular weight excluding hydrogens is 247 g/mol. The van der Waals surface area contributed by atoms with Crippen molar-refractivity contribution in [1.82, 2.24) is 4.98 Å². The molecule has 0 aliphatic heterocycles. The van der Waals surface area contributed by atoms with Crippen LogP contribution in [0.25, 0.3) is 0 Å². The molecule has 0 bridgehead atoms. The van der Waals surface area contributed by atoms with Crippen LogP contribution < -0.4 is 5.73 Å². The second kappa shape index (κ2) is 4.74. The van der Waals surface area contributed by atoms with Gasteiger partial charge in [0.25, 0.3) is 6.43 Å². The Hall–Kier alpha value is -1.57. The predicted octanol–water partition coefficient (Wildman–Crippen LogP) is 2.31. The Morgan fingerprint density at radius 3 is 2.35 bits per heavy atom. The van der Waals surface area contributed by atoms with Gasteiger partial charge in [0, 0.05) is 17.7 Å². The molecule has 8 heteroatoms. The van der Waals surface area contributed by atoms with E-state index < -0.39 is 36.1 Å². The third-order valence-electron chi connectivity index (χ3n) is 2.03. The molecule has 3 nitrogen and oxygen atoms in total. The Morgan fingerprint density at radius 2 is 2.00 bits per heavy atom. The van der Waals surface area contributed by atoms with Gasteiger partial charge in [-0.25, -0.2) is 13.8 Å². The molecule has 0 spiro atoms. The second-order valence-corrected chi connectivity index (χ2v) is 3.08. The summed E-state index contributed by atoms with van der Waals surface area (Å²) < 4.78 is 62.1. The van der Waals surface area contributed by atoms with Crippen molar-refractivity contribution in [2.75, 3.05) is 0 Å². The molecule has 0 aliphatic rings. The van der Waals surface area contributed by atoms with Gasteiger partial charge in [-0.3, -0.25) is 4.79 Å². The lowest BCUT2D eigenvalue weighted by atomic mass is 10.1. The summed E-state index contributed by atoms with van der Waals surface area (Å²) in [6, 6.07) is 0.208. The maximum absolute atomic E-state index is 12.5. The Labute approximate surface area is 92.4 Å². The Balaban J connectivity index is 3.51. The first-order valence-electron chi connectivity index (χ1n) is 4.35. The lowest BCUT2D eigenvalue weighted by molar-refractivity contribution is -0.141. The van der Waals surface area contributed by atoms with Crippen LogP contribution in [0.4, 0.5) is 22.0 Å². The SMILES string of the molecule is NCc1c(C(F)F)cc(C(F)(F)F)nc1C=O. The molecule has 1 heterocycles. The first-order valence-corrected chi connectivity index (χ1v) is 4.35. The molecule has 0 unspecified atom stereocenters. The summed E-state index contributed by atoms with van der Waals surface area (Å²) in [6.45, 7) is -0.487. The minimum Gasteiger partial charge on any atom is -0.326 e. The van der Waals surface area contributed by atoms with Crippen molar-refractivity contribution in [1.29, 1.82) is 0 Å². The predicted molar refractivity (Wildman–Crippen MR) is 47.5 cm³/mol. The third kappa shape index (κ3) is 2.76. The number of nitrogens with two attached hydrogens (primary N) is 1. The standard InChI is InChI=1S/C9H7F5N2O/c10-8(11)4-1-7(9(12,13)14)16-6(3-17)5(4)2-15/h1,3,8H,2,15H2. The average molecular weight is 254 g/mol. The number of aldehydes is 1. The van der Waals surface area contributed by atoms with Gasteiger partial charge in [0.05, 0.1) is 0 Å². The van der Waals surface area contributed by atoms with Crippen molar-refractivity contribution in [2.45, 2.75) is 19.1 Å². The van der Waals surface area contributed by atoms with Crippen molar-refractivity contribution < 1.29 is 26.7 Å². The van der Waals surface area contributed by atoms with E-state index in [1.807, 2.05) is 0 Å². The lowest BCUT2D eigenvalue weighted by Crippen LogP contribution is -2.15. The second-order valence-electron chi connectivity index (χ2n) is 3.08. The first kappa shape index (κ1) is 13.5. The van der Waals surface area contributed by atoms with E-state index >= 15 is 0 Å². The highest BCUT2D eigenvalue weighted by atomic mass is 19.4. The van der Waals surface area contributed by atoms with E-state index in [1.165, 1.54) is 0 Å². The van der Waals surface area contributed by atoms with Crippen molar-refractivity contribution in [3.8, 4) is 0 Å². The number of hydrogen-bond acceptors (Lipinski definition) is 3. The summed E-state index contributed by atoms with van der Waals surface area (Å²) in [4.78, 5) is 13.5. The number of halogens is 5. The molecular formula is C9H7F5N2O. The fourth-order valence-electron chi connectivity index (χ4n) is 1.27. The highest BCUT2D eigenvalue weighted by molar-refractivity contribution is 5.75. The quantitative estimate of drug-likeness (QED) is 0.665. The monoisotopic (exact) mass is 254 g/mol. The van der Waals surface area contributed by atoms with Crippen LogP contribution in [0, 0.1) is 0 Å². The number of carbonyl (C=O) groups is 1. The van der Waals surface area contributed by atoms with Crippen LogP contribution in [-0.4, -0.2) is 11.3 Å². The van der Waals surface area contributed by atoms with Crippen LogP contribution >= 0.6 is 0 Å². The van der Waals surface area contributed by atoms with Gasteiger partial charge in [0.15, 0.2) is 6.29 Å².